The first-order valence-corrected chi connectivity index (χ1v) is 3.32. The van der Waals surface area contributed by atoms with Crippen LogP contribution in [0.2, 0.25) is 0 Å². The van der Waals surface area contributed by atoms with Crippen LogP contribution in [0.3, 0.4) is 0 Å². The highest BCUT2D eigenvalue weighted by atomic mass is 32.2. The summed E-state index contributed by atoms with van der Waals surface area (Å²) >= 11 is 0.907. The summed E-state index contributed by atoms with van der Waals surface area (Å²) in [7, 11) is 0. The molecule has 0 saturated carbocycles. The molecule has 5 heteroatoms. The Morgan fingerprint density at radius 1 is 1.78 bits per heavy atom. The van der Waals surface area contributed by atoms with Gasteiger partial charge < -0.3 is 14.9 Å². The van der Waals surface area contributed by atoms with E-state index in [1.807, 2.05) is 0 Å². The van der Waals surface area contributed by atoms with Gasteiger partial charge >= 0.3 is 5.97 Å². The zero-order valence-corrected chi connectivity index (χ0v) is 5.30. The van der Waals surface area contributed by atoms with E-state index in [1.165, 1.54) is 0 Å². The van der Waals surface area contributed by atoms with Gasteiger partial charge in [0.1, 0.15) is 5.44 Å². The molecule has 2 unspecified atom stereocenters. The number of rotatable bonds is 1. The van der Waals surface area contributed by atoms with Crippen LogP contribution in [0, 0.1) is 0 Å². The van der Waals surface area contributed by atoms with E-state index < -0.39 is 16.8 Å². The monoisotopic (exact) mass is 150 g/mol. The number of thioether (sulfide) groups is 1. The van der Waals surface area contributed by atoms with Gasteiger partial charge in [0.25, 0.3) is 0 Å². The molecule has 0 aromatic rings. The standard InChI is InChI=1S/C4H6O4S/c5-2-1-8-4(9-2)3(6)7/h2,4-5H,1H2,(H,6,7). The average Bonchev–Trinajstić information content (AvgIpc) is 2.14. The van der Waals surface area contributed by atoms with Crippen molar-refractivity contribution in [3.8, 4) is 0 Å². The van der Waals surface area contributed by atoms with Gasteiger partial charge in [-0.2, -0.15) is 0 Å². The third-order valence-corrected chi connectivity index (χ3v) is 1.91. The molecule has 1 aliphatic heterocycles. The normalized spacial score (nSPS) is 34.8. The highest BCUT2D eigenvalue weighted by Crippen LogP contribution is 2.24. The third-order valence-electron chi connectivity index (χ3n) is 0.872. The zero-order valence-electron chi connectivity index (χ0n) is 4.48. The molecule has 4 nitrogen and oxygen atoms in total. The molecule has 0 amide bonds. The number of aliphatic hydroxyl groups excluding tert-OH is 1. The quantitative estimate of drug-likeness (QED) is 0.526. The number of carboxylic acids is 1. The molecule has 1 aliphatic rings. The lowest BCUT2D eigenvalue weighted by Gasteiger charge is -1.98. The minimum Gasteiger partial charge on any atom is -0.479 e. The topological polar surface area (TPSA) is 66.8 Å². The summed E-state index contributed by atoms with van der Waals surface area (Å²) in [5.74, 6) is -1.03. The Bertz CT molecular complexity index is 126. The summed E-state index contributed by atoms with van der Waals surface area (Å²) in [6.45, 7) is 0.113. The van der Waals surface area contributed by atoms with Crippen molar-refractivity contribution in [2.75, 3.05) is 6.61 Å². The van der Waals surface area contributed by atoms with E-state index in [0.717, 1.165) is 11.8 Å². The fourth-order valence-corrected chi connectivity index (χ4v) is 1.24. The Kier molecular flexibility index (Phi) is 1.94. The van der Waals surface area contributed by atoms with Gasteiger partial charge in [0.05, 0.1) is 6.61 Å². The summed E-state index contributed by atoms with van der Waals surface area (Å²) in [6, 6.07) is 0. The summed E-state index contributed by atoms with van der Waals surface area (Å²) in [5, 5.41) is 17.0. The molecule has 52 valence electrons. The maximum absolute atomic E-state index is 10.1. The number of aliphatic hydroxyl groups is 1. The second kappa shape index (κ2) is 2.55. The molecule has 2 N–H and O–H groups in total. The van der Waals surface area contributed by atoms with Crippen LogP contribution in [-0.2, 0) is 9.53 Å². The van der Waals surface area contributed by atoms with Gasteiger partial charge in [0.2, 0.25) is 5.44 Å². The van der Waals surface area contributed by atoms with E-state index in [1.54, 1.807) is 0 Å². The van der Waals surface area contributed by atoms with Gasteiger partial charge in [-0.15, -0.1) is 0 Å². The Labute approximate surface area is 55.8 Å². The van der Waals surface area contributed by atoms with Crippen LogP contribution < -0.4 is 0 Å². The predicted octanol–water partition coefficient (Wildman–Crippen LogP) is -0.521. The van der Waals surface area contributed by atoms with Crippen LogP contribution in [0.5, 0.6) is 0 Å². The summed E-state index contributed by atoms with van der Waals surface area (Å²) in [5.41, 5.74) is -1.55. The Hall–Kier alpha value is -0.260. The van der Waals surface area contributed by atoms with Crippen molar-refractivity contribution < 1.29 is 19.7 Å². The van der Waals surface area contributed by atoms with E-state index in [9.17, 15) is 4.79 Å². The fraction of sp³-hybridized carbons (Fsp3) is 0.750. The van der Waals surface area contributed by atoms with Crippen LogP contribution in [-0.4, -0.2) is 33.7 Å². The highest BCUT2D eigenvalue weighted by Gasteiger charge is 2.29. The molecule has 0 aliphatic carbocycles. The van der Waals surface area contributed by atoms with Crippen LogP contribution in [0.15, 0.2) is 0 Å². The highest BCUT2D eigenvalue weighted by molar-refractivity contribution is 8.01. The molecule has 0 bridgehead atoms. The van der Waals surface area contributed by atoms with Gasteiger partial charge in [0, 0.05) is 0 Å². The summed E-state index contributed by atoms with van der Waals surface area (Å²) in [4.78, 5) is 10.1. The summed E-state index contributed by atoms with van der Waals surface area (Å²) in [6.07, 6.45) is 0. The number of hydrogen-bond acceptors (Lipinski definition) is 4. The largest absolute Gasteiger partial charge is 0.479 e. The SMILES string of the molecule is O=C(O)C1OCC(O)S1. The molecule has 0 radical (unpaired) electrons. The zero-order chi connectivity index (χ0) is 6.85. The van der Waals surface area contributed by atoms with Gasteiger partial charge in [-0.05, 0) is 0 Å². The Balaban J connectivity index is 2.39. The first-order valence-electron chi connectivity index (χ1n) is 2.38. The van der Waals surface area contributed by atoms with Crippen molar-refractivity contribution in [1.82, 2.24) is 0 Å². The maximum atomic E-state index is 10.1. The number of carboxylic acid groups (broad SMARTS) is 1. The molecule has 0 spiro atoms. The molecule has 1 saturated heterocycles. The molecule has 0 aromatic heterocycles. The minimum absolute atomic E-state index is 0.113. The second-order valence-corrected chi connectivity index (χ2v) is 2.84. The molecule has 1 fully saturated rings. The molecule has 2 atom stereocenters. The lowest BCUT2D eigenvalue weighted by Crippen LogP contribution is -2.14. The molecule has 9 heavy (non-hydrogen) atoms. The van der Waals surface area contributed by atoms with Crippen LogP contribution in [0.4, 0.5) is 0 Å². The second-order valence-electron chi connectivity index (χ2n) is 1.59. The van der Waals surface area contributed by atoms with Gasteiger partial charge in [-0.1, -0.05) is 11.8 Å². The maximum Gasteiger partial charge on any atom is 0.343 e. The van der Waals surface area contributed by atoms with Crippen LogP contribution >= 0.6 is 11.8 Å². The van der Waals surface area contributed by atoms with Crippen molar-refractivity contribution >= 4 is 17.7 Å². The lowest BCUT2D eigenvalue weighted by atomic mass is 10.7. The molecule has 0 aromatic carbocycles. The van der Waals surface area contributed by atoms with E-state index in [0.29, 0.717) is 0 Å². The van der Waals surface area contributed by atoms with Gasteiger partial charge in [-0.25, -0.2) is 4.79 Å². The summed E-state index contributed by atoms with van der Waals surface area (Å²) < 4.78 is 4.64. The van der Waals surface area contributed by atoms with Crippen molar-refractivity contribution in [1.29, 1.82) is 0 Å². The van der Waals surface area contributed by atoms with Crippen LogP contribution in [0.25, 0.3) is 0 Å². The first-order chi connectivity index (χ1) is 4.20. The van der Waals surface area contributed by atoms with E-state index in [-0.39, 0.29) is 6.61 Å². The minimum atomic E-state index is -1.03. The van der Waals surface area contributed by atoms with Crippen molar-refractivity contribution in [3.05, 3.63) is 0 Å². The first kappa shape index (κ1) is 6.85. The average molecular weight is 150 g/mol. The lowest BCUT2D eigenvalue weighted by molar-refractivity contribution is -0.143. The number of ether oxygens (including phenoxy) is 1. The van der Waals surface area contributed by atoms with Gasteiger partial charge in [-0.3, -0.25) is 0 Å². The van der Waals surface area contributed by atoms with E-state index >= 15 is 0 Å². The molecular weight excluding hydrogens is 144 g/mol. The molecular formula is C4H6O4S. The van der Waals surface area contributed by atoms with E-state index in [2.05, 4.69) is 4.74 Å². The van der Waals surface area contributed by atoms with Crippen molar-refractivity contribution in [2.24, 2.45) is 0 Å². The van der Waals surface area contributed by atoms with Crippen molar-refractivity contribution in [3.63, 3.8) is 0 Å². The Morgan fingerprint density at radius 2 is 2.44 bits per heavy atom. The van der Waals surface area contributed by atoms with E-state index in [4.69, 9.17) is 10.2 Å². The van der Waals surface area contributed by atoms with Crippen molar-refractivity contribution in [2.45, 2.75) is 10.9 Å². The smallest absolute Gasteiger partial charge is 0.343 e. The number of aliphatic carboxylic acids is 1. The molecule has 1 rings (SSSR count). The van der Waals surface area contributed by atoms with Gasteiger partial charge in [0.15, 0.2) is 0 Å². The third kappa shape index (κ3) is 1.57. The predicted molar refractivity (Wildman–Crippen MR) is 31.0 cm³/mol. The Morgan fingerprint density at radius 3 is 2.67 bits per heavy atom. The molecule has 1 heterocycles. The fourth-order valence-electron chi connectivity index (χ4n) is 0.520. The number of hydrogen-bond donors (Lipinski definition) is 2. The van der Waals surface area contributed by atoms with Crippen LogP contribution in [0.1, 0.15) is 0 Å². The number of carbonyl (C=O) groups is 1.